The molecule has 0 bridgehead atoms. The van der Waals surface area contributed by atoms with Gasteiger partial charge in [-0.15, -0.1) is 11.3 Å². The fourth-order valence-corrected chi connectivity index (χ4v) is 3.59. The number of rotatable bonds is 6. The summed E-state index contributed by atoms with van der Waals surface area (Å²) < 4.78 is 25.7. The van der Waals surface area contributed by atoms with Crippen LogP contribution in [0.1, 0.15) is 10.7 Å². The van der Waals surface area contributed by atoms with Gasteiger partial charge in [0.15, 0.2) is 0 Å². The van der Waals surface area contributed by atoms with E-state index in [1.807, 2.05) is 18.4 Å². The Morgan fingerprint density at radius 3 is 2.62 bits per heavy atom. The molecule has 0 amide bonds. The standard InChI is InChI=1S/C14H19N3O2S2/c1-11-16-12(10-20-11)8-9-15-13-6-4-5-7-14(13)21(18,19)17(2)3/h4-7,10,15H,8-9H2,1-3H3. The highest BCUT2D eigenvalue weighted by Gasteiger charge is 2.20. The van der Waals surface area contributed by atoms with Gasteiger partial charge >= 0.3 is 0 Å². The molecule has 0 saturated heterocycles. The molecular formula is C14H19N3O2S2. The van der Waals surface area contributed by atoms with Gasteiger partial charge in [-0.05, 0) is 19.1 Å². The number of hydrogen-bond acceptors (Lipinski definition) is 5. The monoisotopic (exact) mass is 325 g/mol. The van der Waals surface area contributed by atoms with Crippen LogP contribution in [0.15, 0.2) is 34.5 Å². The number of aromatic nitrogens is 1. The topological polar surface area (TPSA) is 62.3 Å². The van der Waals surface area contributed by atoms with Crippen molar-refractivity contribution in [2.75, 3.05) is 26.0 Å². The third-order valence-corrected chi connectivity index (χ3v) is 5.70. The first kappa shape index (κ1) is 15.9. The quantitative estimate of drug-likeness (QED) is 0.885. The highest BCUT2D eigenvalue weighted by Crippen LogP contribution is 2.23. The number of nitrogens with one attached hydrogen (secondary N) is 1. The maximum absolute atomic E-state index is 12.3. The van der Waals surface area contributed by atoms with Gasteiger partial charge in [-0.3, -0.25) is 0 Å². The Hall–Kier alpha value is -1.44. The molecule has 114 valence electrons. The van der Waals surface area contributed by atoms with E-state index in [2.05, 4.69) is 10.3 Å². The van der Waals surface area contributed by atoms with Crippen LogP contribution < -0.4 is 5.32 Å². The summed E-state index contributed by atoms with van der Waals surface area (Å²) in [7, 11) is -0.377. The van der Waals surface area contributed by atoms with Crippen molar-refractivity contribution in [1.29, 1.82) is 0 Å². The smallest absolute Gasteiger partial charge is 0.244 e. The average Bonchev–Trinajstić information content (AvgIpc) is 2.85. The molecule has 0 saturated carbocycles. The molecular weight excluding hydrogens is 306 g/mol. The van der Waals surface area contributed by atoms with Crippen LogP contribution in [0.5, 0.6) is 0 Å². The lowest BCUT2D eigenvalue weighted by atomic mass is 10.3. The van der Waals surface area contributed by atoms with Gasteiger partial charge in [-0.25, -0.2) is 17.7 Å². The third kappa shape index (κ3) is 3.81. The van der Waals surface area contributed by atoms with Crippen molar-refractivity contribution in [3.63, 3.8) is 0 Å². The Labute approximate surface area is 129 Å². The summed E-state index contributed by atoms with van der Waals surface area (Å²) in [5.41, 5.74) is 1.65. The van der Waals surface area contributed by atoms with Gasteiger partial charge in [0.1, 0.15) is 4.90 Å². The lowest BCUT2D eigenvalue weighted by molar-refractivity contribution is 0.521. The molecule has 0 radical (unpaired) electrons. The number of anilines is 1. The van der Waals surface area contributed by atoms with Crippen LogP contribution in [0.3, 0.4) is 0 Å². The molecule has 0 aliphatic heterocycles. The first-order chi connectivity index (χ1) is 9.91. The molecule has 2 rings (SSSR count). The molecule has 1 N–H and O–H groups in total. The van der Waals surface area contributed by atoms with Crippen LogP contribution in [0.25, 0.3) is 0 Å². The van der Waals surface area contributed by atoms with Crippen molar-refractivity contribution in [1.82, 2.24) is 9.29 Å². The first-order valence-electron chi connectivity index (χ1n) is 6.57. The van der Waals surface area contributed by atoms with Crippen LogP contribution >= 0.6 is 11.3 Å². The summed E-state index contributed by atoms with van der Waals surface area (Å²) in [6.45, 7) is 2.61. The van der Waals surface area contributed by atoms with Crippen molar-refractivity contribution >= 4 is 27.0 Å². The lowest BCUT2D eigenvalue weighted by Gasteiger charge is -2.16. The van der Waals surface area contributed by atoms with Crippen LogP contribution in [0, 0.1) is 6.92 Å². The molecule has 7 heteroatoms. The molecule has 5 nitrogen and oxygen atoms in total. The summed E-state index contributed by atoms with van der Waals surface area (Å²) in [4.78, 5) is 4.69. The minimum absolute atomic E-state index is 0.296. The SMILES string of the molecule is Cc1nc(CCNc2ccccc2S(=O)(=O)N(C)C)cs1. The Balaban J connectivity index is 2.10. The van der Waals surface area contributed by atoms with Crippen molar-refractivity contribution < 1.29 is 8.42 Å². The molecule has 0 atom stereocenters. The molecule has 0 spiro atoms. The minimum Gasteiger partial charge on any atom is -0.384 e. The molecule has 1 heterocycles. The largest absolute Gasteiger partial charge is 0.384 e. The zero-order valence-corrected chi connectivity index (χ0v) is 14.0. The number of thiazole rings is 1. The highest BCUT2D eigenvalue weighted by molar-refractivity contribution is 7.89. The molecule has 2 aromatic rings. The average molecular weight is 325 g/mol. The normalized spacial score (nSPS) is 11.8. The summed E-state index contributed by atoms with van der Waals surface area (Å²) in [5.74, 6) is 0. The second-order valence-corrected chi connectivity index (χ2v) is 8.00. The van der Waals surface area contributed by atoms with E-state index in [0.29, 0.717) is 17.1 Å². The van der Waals surface area contributed by atoms with E-state index < -0.39 is 10.0 Å². The van der Waals surface area contributed by atoms with Crippen LogP contribution in [-0.2, 0) is 16.4 Å². The highest BCUT2D eigenvalue weighted by atomic mass is 32.2. The van der Waals surface area contributed by atoms with E-state index in [1.54, 1.807) is 29.5 Å². The minimum atomic E-state index is -3.44. The van der Waals surface area contributed by atoms with E-state index in [9.17, 15) is 8.42 Å². The van der Waals surface area contributed by atoms with E-state index >= 15 is 0 Å². The Morgan fingerprint density at radius 1 is 1.29 bits per heavy atom. The van der Waals surface area contributed by atoms with Crippen molar-refractivity contribution in [3.8, 4) is 0 Å². The first-order valence-corrected chi connectivity index (χ1v) is 8.89. The van der Waals surface area contributed by atoms with E-state index in [0.717, 1.165) is 17.1 Å². The van der Waals surface area contributed by atoms with Crippen molar-refractivity contribution in [3.05, 3.63) is 40.3 Å². The summed E-state index contributed by atoms with van der Waals surface area (Å²) in [6, 6.07) is 6.95. The summed E-state index contributed by atoms with van der Waals surface area (Å²) in [6.07, 6.45) is 0.765. The zero-order chi connectivity index (χ0) is 15.5. The third-order valence-electron chi connectivity index (χ3n) is 3.01. The number of para-hydroxylation sites is 1. The van der Waals surface area contributed by atoms with Crippen molar-refractivity contribution in [2.45, 2.75) is 18.2 Å². The summed E-state index contributed by atoms with van der Waals surface area (Å²) in [5, 5.41) is 6.26. The molecule has 0 aliphatic rings. The molecule has 0 fully saturated rings. The Kier molecular flexibility index (Phi) is 4.97. The Bertz CT molecular complexity index is 709. The van der Waals surface area contributed by atoms with E-state index in [4.69, 9.17) is 0 Å². The molecule has 0 unspecified atom stereocenters. The predicted molar refractivity (Wildman–Crippen MR) is 86.4 cm³/mol. The fourth-order valence-electron chi connectivity index (χ4n) is 1.88. The van der Waals surface area contributed by atoms with Gasteiger partial charge < -0.3 is 5.32 Å². The number of nitrogens with zero attached hydrogens (tertiary/aromatic N) is 2. The number of sulfonamides is 1. The maximum atomic E-state index is 12.3. The Morgan fingerprint density at radius 2 is 2.00 bits per heavy atom. The maximum Gasteiger partial charge on any atom is 0.244 e. The zero-order valence-electron chi connectivity index (χ0n) is 12.3. The van der Waals surface area contributed by atoms with Gasteiger partial charge in [0, 0.05) is 32.4 Å². The predicted octanol–water partition coefficient (Wildman–Crippen LogP) is 2.36. The van der Waals surface area contributed by atoms with Crippen LogP contribution in [-0.4, -0.2) is 38.3 Å². The van der Waals surface area contributed by atoms with Gasteiger partial charge in [0.25, 0.3) is 0 Å². The molecule has 0 aliphatic carbocycles. The van der Waals surface area contributed by atoms with Gasteiger partial charge in [0.2, 0.25) is 10.0 Å². The van der Waals surface area contributed by atoms with Gasteiger partial charge in [0.05, 0.1) is 16.4 Å². The van der Waals surface area contributed by atoms with Gasteiger partial charge in [-0.1, -0.05) is 12.1 Å². The second-order valence-electron chi connectivity index (χ2n) is 4.82. The number of aryl methyl sites for hydroxylation is 1. The molecule has 21 heavy (non-hydrogen) atoms. The van der Waals surface area contributed by atoms with Crippen molar-refractivity contribution in [2.24, 2.45) is 0 Å². The summed E-state index contributed by atoms with van der Waals surface area (Å²) >= 11 is 1.62. The van der Waals surface area contributed by atoms with Crippen LogP contribution in [0.4, 0.5) is 5.69 Å². The van der Waals surface area contributed by atoms with E-state index in [-0.39, 0.29) is 0 Å². The second kappa shape index (κ2) is 6.55. The fraction of sp³-hybridized carbons (Fsp3) is 0.357. The molecule has 1 aromatic carbocycles. The lowest BCUT2D eigenvalue weighted by Crippen LogP contribution is -2.23. The number of hydrogen-bond donors (Lipinski definition) is 1. The molecule has 1 aromatic heterocycles. The van der Waals surface area contributed by atoms with Crippen LogP contribution in [0.2, 0.25) is 0 Å². The van der Waals surface area contributed by atoms with E-state index in [1.165, 1.54) is 18.4 Å². The number of benzene rings is 1. The van der Waals surface area contributed by atoms with Gasteiger partial charge in [-0.2, -0.15) is 0 Å².